The van der Waals surface area contributed by atoms with Crippen molar-refractivity contribution in [2.24, 2.45) is 0 Å². The summed E-state index contributed by atoms with van der Waals surface area (Å²) in [7, 11) is 0. The van der Waals surface area contributed by atoms with E-state index in [1.807, 2.05) is 12.1 Å². The number of ether oxygens (including phenoxy) is 2. The highest BCUT2D eigenvalue weighted by molar-refractivity contribution is 5.47. The van der Waals surface area contributed by atoms with Gasteiger partial charge >= 0.3 is 6.61 Å². The lowest BCUT2D eigenvalue weighted by atomic mass is 10.1. The quantitative estimate of drug-likeness (QED) is 0.753. The van der Waals surface area contributed by atoms with Gasteiger partial charge in [0, 0.05) is 12.2 Å². The van der Waals surface area contributed by atoms with Crippen molar-refractivity contribution in [3.05, 3.63) is 53.6 Å². The molecule has 0 aromatic heterocycles. The highest BCUT2D eigenvalue weighted by Gasteiger charge is 2.11. The van der Waals surface area contributed by atoms with Gasteiger partial charge in [-0.05, 0) is 48.7 Å². The Morgan fingerprint density at radius 2 is 1.65 bits per heavy atom. The fourth-order valence-electron chi connectivity index (χ4n) is 2.19. The lowest BCUT2D eigenvalue weighted by Gasteiger charge is -2.13. The second-order valence-corrected chi connectivity index (χ2v) is 5.00. The number of halogens is 2. The van der Waals surface area contributed by atoms with E-state index in [9.17, 15) is 8.78 Å². The van der Waals surface area contributed by atoms with E-state index in [-0.39, 0.29) is 5.75 Å². The lowest BCUT2D eigenvalue weighted by molar-refractivity contribution is -0.0514. The van der Waals surface area contributed by atoms with Crippen molar-refractivity contribution in [2.75, 3.05) is 11.9 Å². The van der Waals surface area contributed by atoms with Gasteiger partial charge in [0.15, 0.2) is 11.5 Å². The topological polar surface area (TPSA) is 30.5 Å². The summed E-state index contributed by atoms with van der Waals surface area (Å²) in [5, 5.41) is 3.30. The highest BCUT2D eigenvalue weighted by Crippen LogP contribution is 2.30. The van der Waals surface area contributed by atoms with Gasteiger partial charge in [-0.3, -0.25) is 0 Å². The summed E-state index contributed by atoms with van der Waals surface area (Å²) < 4.78 is 34.6. The van der Waals surface area contributed by atoms with Crippen LogP contribution in [0.2, 0.25) is 0 Å². The maximum Gasteiger partial charge on any atom is 0.387 e. The van der Waals surface area contributed by atoms with E-state index in [1.165, 1.54) is 11.6 Å². The molecule has 1 N–H and O–H groups in total. The summed E-state index contributed by atoms with van der Waals surface area (Å²) in [6.07, 6.45) is 1.00. The molecule has 0 aliphatic carbocycles. The van der Waals surface area contributed by atoms with Crippen LogP contribution in [0.4, 0.5) is 14.5 Å². The third-order valence-corrected chi connectivity index (χ3v) is 3.38. The molecule has 0 saturated carbocycles. The van der Waals surface area contributed by atoms with E-state index in [0.29, 0.717) is 18.9 Å². The molecule has 2 aromatic carbocycles. The minimum Gasteiger partial charge on any atom is -0.490 e. The van der Waals surface area contributed by atoms with Gasteiger partial charge in [-0.25, -0.2) is 0 Å². The van der Waals surface area contributed by atoms with Crippen LogP contribution in [-0.4, -0.2) is 13.2 Å². The van der Waals surface area contributed by atoms with E-state index in [2.05, 4.69) is 29.1 Å². The molecule has 0 radical (unpaired) electrons. The number of hydrogen-bond donors (Lipinski definition) is 1. The highest BCUT2D eigenvalue weighted by atomic mass is 19.3. The van der Waals surface area contributed by atoms with Gasteiger partial charge in [0.1, 0.15) is 0 Å². The molecule has 0 heterocycles. The minimum atomic E-state index is -2.87. The molecule has 3 nitrogen and oxygen atoms in total. The van der Waals surface area contributed by atoms with Crippen LogP contribution in [0.5, 0.6) is 11.5 Å². The molecule has 23 heavy (non-hydrogen) atoms. The molecule has 124 valence electrons. The number of alkyl halides is 2. The Balaban J connectivity index is 2.05. The summed E-state index contributed by atoms with van der Waals surface area (Å²) in [6, 6.07) is 13.2. The normalized spacial score (nSPS) is 10.7. The van der Waals surface area contributed by atoms with Crippen LogP contribution in [0.25, 0.3) is 0 Å². The summed E-state index contributed by atoms with van der Waals surface area (Å²) >= 11 is 0. The zero-order valence-electron chi connectivity index (χ0n) is 13.3. The third-order valence-electron chi connectivity index (χ3n) is 3.38. The van der Waals surface area contributed by atoms with E-state index >= 15 is 0 Å². The smallest absolute Gasteiger partial charge is 0.387 e. The molecule has 0 aliphatic rings. The van der Waals surface area contributed by atoms with Gasteiger partial charge in [0.2, 0.25) is 0 Å². The maximum absolute atomic E-state index is 12.4. The summed E-state index contributed by atoms with van der Waals surface area (Å²) in [5.41, 5.74) is 3.21. The molecule has 0 atom stereocenters. The number of aryl methyl sites for hydroxylation is 1. The SMILES string of the molecule is CCOc1cc(CNc2ccc(CC)cc2)ccc1OC(F)F. The predicted molar refractivity (Wildman–Crippen MR) is 87.4 cm³/mol. The minimum absolute atomic E-state index is 0.0536. The van der Waals surface area contributed by atoms with Crippen molar-refractivity contribution in [1.29, 1.82) is 0 Å². The monoisotopic (exact) mass is 321 g/mol. The van der Waals surface area contributed by atoms with Crippen LogP contribution in [-0.2, 0) is 13.0 Å². The standard InChI is InChI=1S/C18H21F2NO2/c1-3-13-5-8-15(9-6-13)21-12-14-7-10-16(23-18(19)20)17(11-14)22-4-2/h5-11,18,21H,3-4,12H2,1-2H3. The van der Waals surface area contributed by atoms with Crippen LogP contribution in [0.1, 0.15) is 25.0 Å². The fourth-order valence-corrected chi connectivity index (χ4v) is 2.19. The largest absolute Gasteiger partial charge is 0.490 e. The van der Waals surface area contributed by atoms with Crippen molar-refractivity contribution in [2.45, 2.75) is 33.4 Å². The Kier molecular flexibility index (Phi) is 6.20. The predicted octanol–water partition coefficient (Wildman–Crippen LogP) is 4.86. The van der Waals surface area contributed by atoms with Gasteiger partial charge in [-0.2, -0.15) is 8.78 Å². The summed E-state index contributed by atoms with van der Waals surface area (Å²) in [5.74, 6) is 0.381. The zero-order chi connectivity index (χ0) is 16.7. The first-order chi connectivity index (χ1) is 11.1. The number of benzene rings is 2. The number of hydrogen-bond acceptors (Lipinski definition) is 3. The van der Waals surface area contributed by atoms with Crippen molar-refractivity contribution in [3.63, 3.8) is 0 Å². The van der Waals surface area contributed by atoms with E-state index in [0.717, 1.165) is 17.7 Å². The molecule has 0 aliphatic heterocycles. The van der Waals surface area contributed by atoms with Crippen molar-refractivity contribution >= 4 is 5.69 Å². The molecule has 0 bridgehead atoms. The average molecular weight is 321 g/mol. The molecule has 0 saturated heterocycles. The van der Waals surface area contributed by atoms with Crippen LogP contribution < -0.4 is 14.8 Å². The molecule has 2 rings (SSSR count). The lowest BCUT2D eigenvalue weighted by Crippen LogP contribution is -2.06. The first kappa shape index (κ1) is 17.1. The Morgan fingerprint density at radius 1 is 0.957 bits per heavy atom. The Morgan fingerprint density at radius 3 is 2.26 bits per heavy atom. The summed E-state index contributed by atoms with van der Waals surface area (Å²) in [4.78, 5) is 0. The van der Waals surface area contributed by atoms with Crippen LogP contribution >= 0.6 is 0 Å². The molecule has 0 amide bonds. The van der Waals surface area contributed by atoms with Gasteiger partial charge in [-0.15, -0.1) is 0 Å². The molecule has 5 heteroatoms. The number of anilines is 1. The van der Waals surface area contributed by atoms with Crippen LogP contribution in [0.3, 0.4) is 0 Å². The Bertz CT molecular complexity index is 615. The van der Waals surface area contributed by atoms with Gasteiger partial charge in [-0.1, -0.05) is 25.1 Å². The van der Waals surface area contributed by atoms with E-state index < -0.39 is 6.61 Å². The van der Waals surface area contributed by atoms with Crippen molar-refractivity contribution in [1.82, 2.24) is 0 Å². The molecular formula is C18H21F2NO2. The van der Waals surface area contributed by atoms with Gasteiger partial charge in [0.25, 0.3) is 0 Å². The molecule has 2 aromatic rings. The van der Waals surface area contributed by atoms with Crippen LogP contribution in [0, 0.1) is 0 Å². The first-order valence-corrected chi connectivity index (χ1v) is 7.65. The zero-order valence-corrected chi connectivity index (χ0v) is 13.3. The van der Waals surface area contributed by atoms with Gasteiger partial charge in [0.05, 0.1) is 6.61 Å². The molecule has 0 unspecified atom stereocenters. The summed E-state index contributed by atoms with van der Waals surface area (Å²) in [6.45, 7) is 2.00. The molecular weight excluding hydrogens is 300 g/mol. The van der Waals surface area contributed by atoms with E-state index in [4.69, 9.17) is 4.74 Å². The van der Waals surface area contributed by atoms with Gasteiger partial charge < -0.3 is 14.8 Å². The average Bonchev–Trinajstić information content (AvgIpc) is 2.55. The fraction of sp³-hybridized carbons (Fsp3) is 0.333. The van der Waals surface area contributed by atoms with Crippen molar-refractivity contribution in [3.8, 4) is 11.5 Å². The van der Waals surface area contributed by atoms with Crippen LogP contribution in [0.15, 0.2) is 42.5 Å². The second-order valence-electron chi connectivity index (χ2n) is 5.00. The van der Waals surface area contributed by atoms with E-state index in [1.54, 1.807) is 19.1 Å². The number of rotatable bonds is 8. The maximum atomic E-state index is 12.4. The third kappa shape index (κ3) is 5.13. The number of nitrogens with one attached hydrogen (secondary N) is 1. The second kappa shape index (κ2) is 8.36. The first-order valence-electron chi connectivity index (χ1n) is 7.65. The Labute approximate surface area is 135 Å². The Hall–Kier alpha value is -2.30. The molecule has 0 spiro atoms. The molecule has 0 fully saturated rings. The van der Waals surface area contributed by atoms with Crippen molar-refractivity contribution < 1.29 is 18.3 Å².